The van der Waals surface area contributed by atoms with E-state index in [0.717, 1.165) is 32.1 Å². The lowest BCUT2D eigenvalue weighted by Crippen LogP contribution is -2.47. The highest BCUT2D eigenvalue weighted by Gasteiger charge is 2.36. The second-order valence-corrected chi connectivity index (χ2v) is 9.28. The molecule has 4 aromatic rings. The number of carbonyl (C=O) groups excluding carboxylic acids is 2. The number of tetrazole rings is 1. The van der Waals surface area contributed by atoms with E-state index in [9.17, 15) is 9.59 Å². The van der Waals surface area contributed by atoms with Crippen molar-refractivity contribution in [3.05, 3.63) is 78.5 Å². The van der Waals surface area contributed by atoms with E-state index < -0.39 is 11.9 Å². The molecule has 1 aliphatic rings. The van der Waals surface area contributed by atoms with Crippen molar-refractivity contribution in [2.75, 3.05) is 19.1 Å². The first-order valence-corrected chi connectivity index (χ1v) is 12.8. The van der Waals surface area contributed by atoms with Crippen molar-refractivity contribution in [2.24, 2.45) is 0 Å². The molecule has 2 aromatic heterocycles. The molecule has 1 N–H and O–H groups in total. The number of hydrogen-bond acceptors (Lipinski definition) is 8. The number of nitrogens with zero attached hydrogens (tertiary/aromatic N) is 5. The second-order valence-electron chi connectivity index (χ2n) is 9.28. The molecule has 5 rings (SSSR count). The van der Waals surface area contributed by atoms with E-state index in [1.165, 1.54) is 29.3 Å². The molecule has 202 valence electrons. The third kappa shape index (κ3) is 5.62. The summed E-state index contributed by atoms with van der Waals surface area (Å²) in [5.74, 6) is 0.398. The van der Waals surface area contributed by atoms with Gasteiger partial charge in [0.25, 0.3) is 5.91 Å². The molecule has 0 radical (unpaired) electrons. The van der Waals surface area contributed by atoms with Crippen LogP contribution in [0.2, 0.25) is 0 Å². The molecule has 11 heteroatoms. The molecule has 1 aliphatic carbocycles. The fourth-order valence-corrected chi connectivity index (χ4v) is 4.91. The summed E-state index contributed by atoms with van der Waals surface area (Å²) in [6.07, 6.45) is 7.96. The van der Waals surface area contributed by atoms with Crippen molar-refractivity contribution in [2.45, 2.75) is 44.2 Å². The van der Waals surface area contributed by atoms with Crippen LogP contribution in [0.15, 0.2) is 71.6 Å². The quantitative estimate of drug-likeness (QED) is 0.343. The molecule has 1 fully saturated rings. The van der Waals surface area contributed by atoms with E-state index in [2.05, 4.69) is 20.8 Å². The summed E-state index contributed by atoms with van der Waals surface area (Å²) >= 11 is 0. The maximum Gasteiger partial charge on any atom is 0.294 e. The molecule has 1 unspecified atom stereocenters. The molecular formula is C28H30N6O5. The maximum absolute atomic E-state index is 14.0. The zero-order valence-corrected chi connectivity index (χ0v) is 21.8. The zero-order valence-electron chi connectivity index (χ0n) is 21.8. The van der Waals surface area contributed by atoms with Crippen LogP contribution in [0, 0.1) is 0 Å². The molecule has 1 atom stereocenters. The van der Waals surface area contributed by atoms with Crippen LogP contribution in [0.1, 0.15) is 54.3 Å². The number of benzene rings is 2. The second kappa shape index (κ2) is 11.8. The van der Waals surface area contributed by atoms with E-state index >= 15 is 0 Å². The third-order valence-electron chi connectivity index (χ3n) is 6.88. The Morgan fingerprint density at radius 1 is 1.05 bits per heavy atom. The average molecular weight is 531 g/mol. The monoisotopic (exact) mass is 530 g/mol. The van der Waals surface area contributed by atoms with Gasteiger partial charge in [0.05, 0.1) is 20.5 Å². The zero-order chi connectivity index (χ0) is 27.2. The van der Waals surface area contributed by atoms with Crippen LogP contribution < -0.4 is 19.7 Å². The molecule has 2 heterocycles. The molecule has 11 nitrogen and oxygen atoms in total. The number of carbonyl (C=O) groups is 2. The minimum Gasteiger partial charge on any atom is -0.497 e. The molecule has 2 amide bonds. The van der Waals surface area contributed by atoms with Gasteiger partial charge < -0.3 is 19.2 Å². The normalized spacial score (nSPS) is 14.4. The Kier molecular flexibility index (Phi) is 7.86. The van der Waals surface area contributed by atoms with E-state index in [1.54, 1.807) is 61.7 Å². The van der Waals surface area contributed by atoms with Crippen LogP contribution in [0.4, 0.5) is 5.69 Å². The highest BCUT2D eigenvalue weighted by atomic mass is 16.5. The SMILES string of the molecule is COc1ccc(C(C(=O)NC2CCCCC2)N(C(=O)c2ccco2)c2ccc(-n3cnnn3)c(OC)c2)cc1. The highest BCUT2D eigenvalue weighted by molar-refractivity contribution is 6.09. The first-order valence-electron chi connectivity index (χ1n) is 12.8. The van der Waals surface area contributed by atoms with Crippen molar-refractivity contribution < 1.29 is 23.5 Å². The fraction of sp³-hybridized carbons (Fsp3) is 0.321. The van der Waals surface area contributed by atoms with E-state index in [-0.39, 0.29) is 17.7 Å². The summed E-state index contributed by atoms with van der Waals surface area (Å²) < 4.78 is 17.9. The first-order chi connectivity index (χ1) is 19.1. The van der Waals surface area contributed by atoms with Crippen LogP contribution in [0.25, 0.3) is 5.69 Å². The summed E-state index contributed by atoms with van der Waals surface area (Å²) in [7, 11) is 3.09. The molecule has 39 heavy (non-hydrogen) atoms. The number of hydrogen-bond donors (Lipinski definition) is 1. The predicted octanol–water partition coefficient (Wildman–Crippen LogP) is 4.11. The number of ether oxygens (including phenoxy) is 2. The fourth-order valence-electron chi connectivity index (χ4n) is 4.91. The number of aromatic nitrogens is 4. The van der Waals surface area contributed by atoms with Crippen molar-refractivity contribution in [1.29, 1.82) is 0 Å². The maximum atomic E-state index is 14.0. The Bertz CT molecular complexity index is 1380. The Morgan fingerprint density at radius 2 is 1.85 bits per heavy atom. The first kappa shape index (κ1) is 26.0. The van der Waals surface area contributed by atoms with Crippen molar-refractivity contribution in [3.8, 4) is 17.2 Å². The number of methoxy groups -OCH3 is 2. The smallest absolute Gasteiger partial charge is 0.294 e. The summed E-state index contributed by atoms with van der Waals surface area (Å²) in [4.78, 5) is 29.5. The van der Waals surface area contributed by atoms with Gasteiger partial charge in [-0.3, -0.25) is 14.5 Å². The van der Waals surface area contributed by atoms with Crippen LogP contribution in [0.3, 0.4) is 0 Å². The van der Waals surface area contributed by atoms with Gasteiger partial charge in [-0.15, -0.1) is 5.10 Å². The van der Waals surface area contributed by atoms with E-state index in [0.29, 0.717) is 28.4 Å². The van der Waals surface area contributed by atoms with E-state index in [4.69, 9.17) is 13.9 Å². The van der Waals surface area contributed by atoms with Crippen LogP contribution in [-0.4, -0.2) is 52.3 Å². The van der Waals surface area contributed by atoms with Crippen molar-refractivity contribution >= 4 is 17.5 Å². The molecular weight excluding hydrogens is 500 g/mol. The molecule has 0 aliphatic heterocycles. The van der Waals surface area contributed by atoms with Gasteiger partial charge in [0.1, 0.15) is 29.6 Å². The van der Waals surface area contributed by atoms with Gasteiger partial charge in [0.2, 0.25) is 5.91 Å². The number of furan rings is 1. The van der Waals surface area contributed by atoms with Gasteiger partial charge in [-0.2, -0.15) is 4.68 Å². The largest absolute Gasteiger partial charge is 0.497 e. The standard InChI is InChI=1S/C28H30N6O5/c1-37-22-13-10-19(11-14-22)26(27(35)30-20-7-4-3-5-8-20)34(28(36)24-9-6-16-39-24)21-12-15-23(25(17-21)38-2)33-18-29-31-32-33/h6,9-18,20,26H,3-5,7-8H2,1-2H3,(H,30,35). The van der Waals surface area contributed by atoms with Crippen LogP contribution >= 0.6 is 0 Å². The summed E-state index contributed by atoms with van der Waals surface area (Å²) in [5, 5.41) is 14.5. The average Bonchev–Trinajstić information content (AvgIpc) is 3.71. The van der Waals surface area contributed by atoms with Gasteiger partial charge in [-0.1, -0.05) is 31.4 Å². The Labute approximate surface area is 225 Å². The van der Waals surface area contributed by atoms with Gasteiger partial charge in [-0.25, -0.2) is 0 Å². The molecule has 1 saturated carbocycles. The minimum absolute atomic E-state index is 0.0456. The number of nitrogens with one attached hydrogen (secondary N) is 1. The van der Waals surface area contributed by atoms with Crippen LogP contribution in [-0.2, 0) is 4.79 Å². The lowest BCUT2D eigenvalue weighted by Gasteiger charge is -2.33. The minimum atomic E-state index is -1.00. The summed E-state index contributed by atoms with van der Waals surface area (Å²) in [5.41, 5.74) is 1.63. The van der Waals surface area contributed by atoms with Crippen molar-refractivity contribution in [3.63, 3.8) is 0 Å². The molecule has 0 saturated heterocycles. The third-order valence-corrected chi connectivity index (χ3v) is 6.88. The van der Waals surface area contributed by atoms with Gasteiger partial charge >= 0.3 is 0 Å². The van der Waals surface area contributed by atoms with Crippen LogP contribution in [0.5, 0.6) is 11.5 Å². The van der Waals surface area contributed by atoms with Gasteiger partial charge in [-0.05, 0) is 65.2 Å². The summed E-state index contributed by atoms with van der Waals surface area (Å²) in [6, 6.07) is 14.5. The molecule has 0 spiro atoms. The number of amides is 2. The number of rotatable bonds is 9. The number of anilines is 1. The lowest BCUT2D eigenvalue weighted by atomic mass is 9.94. The topological polar surface area (TPSA) is 125 Å². The Balaban J connectivity index is 1.62. The summed E-state index contributed by atoms with van der Waals surface area (Å²) in [6.45, 7) is 0. The van der Waals surface area contributed by atoms with Crippen molar-refractivity contribution in [1.82, 2.24) is 25.5 Å². The molecule has 0 bridgehead atoms. The Hall–Kier alpha value is -4.67. The van der Waals surface area contributed by atoms with Gasteiger partial charge in [0.15, 0.2) is 5.76 Å². The lowest BCUT2D eigenvalue weighted by molar-refractivity contribution is -0.123. The van der Waals surface area contributed by atoms with E-state index in [1.807, 2.05) is 0 Å². The predicted molar refractivity (Wildman–Crippen MR) is 142 cm³/mol. The van der Waals surface area contributed by atoms with Gasteiger partial charge in [0, 0.05) is 17.8 Å². The highest BCUT2D eigenvalue weighted by Crippen LogP contribution is 2.35. The molecule has 2 aromatic carbocycles. The Morgan fingerprint density at radius 3 is 2.49 bits per heavy atom.